The van der Waals surface area contributed by atoms with Gasteiger partial charge in [0.05, 0.1) is 0 Å². The molecule has 94 valence electrons. The Hall–Kier alpha value is -0.730. The van der Waals surface area contributed by atoms with Crippen molar-refractivity contribution < 1.29 is 0 Å². The Kier molecular flexibility index (Phi) is 4.30. The minimum absolute atomic E-state index is 0.507. The fourth-order valence-electron chi connectivity index (χ4n) is 2.58. The van der Waals surface area contributed by atoms with Gasteiger partial charge in [0.15, 0.2) is 0 Å². The molecule has 2 rings (SSSR count). The van der Waals surface area contributed by atoms with Crippen LogP contribution in [-0.4, -0.2) is 12.6 Å². The van der Waals surface area contributed by atoms with E-state index in [1.807, 2.05) is 13.0 Å². The van der Waals surface area contributed by atoms with Crippen LogP contribution in [0, 0.1) is 12.8 Å². The van der Waals surface area contributed by atoms with Crippen molar-refractivity contribution in [1.82, 2.24) is 0 Å². The van der Waals surface area contributed by atoms with Crippen molar-refractivity contribution >= 4 is 17.3 Å². The molecule has 3 heteroatoms. The highest BCUT2D eigenvalue weighted by atomic mass is 35.5. The zero-order valence-electron chi connectivity index (χ0n) is 10.4. The molecule has 0 spiro atoms. The summed E-state index contributed by atoms with van der Waals surface area (Å²) in [4.78, 5) is 0. The summed E-state index contributed by atoms with van der Waals surface area (Å²) in [6, 6.07) is 6.68. The Morgan fingerprint density at radius 2 is 2.12 bits per heavy atom. The number of halogens is 1. The van der Waals surface area contributed by atoms with Crippen LogP contribution >= 0.6 is 11.6 Å². The summed E-state index contributed by atoms with van der Waals surface area (Å²) in [5.74, 6) is 0.601. The van der Waals surface area contributed by atoms with Gasteiger partial charge in [0, 0.05) is 16.8 Å². The molecule has 0 amide bonds. The van der Waals surface area contributed by atoms with Crippen LogP contribution in [0.2, 0.25) is 5.02 Å². The highest BCUT2D eigenvalue weighted by Crippen LogP contribution is 2.28. The first-order valence-corrected chi connectivity index (χ1v) is 6.81. The maximum atomic E-state index is 6.14. The molecular weight excluding hydrogens is 232 g/mol. The molecule has 1 aliphatic carbocycles. The number of anilines is 1. The van der Waals surface area contributed by atoms with Crippen LogP contribution < -0.4 is 11.1 Å². The lowest BCUT2D eigenvalue weighted by atomic mass is 9.84. The third kappa shape index (κ3) is 3.14. The molecule has 2 atom stereocenters. The van der Waals surface area contributed by atoms with Crippen molar-refractivity contribution in [3.05, 3.63) is 28.8 Å². The molecule has 0 radical (unpaired) electrons. The second kappa shape index (κ2) is 5.74. The Morgan fingerprint density at radius 1 is 1.35 bits per heavy atom. The molecule has 0 saturated heterocycles. The van der Waals surface area contributed by atoms with Crippen LogP contribution in [0.5, 0.6) is 0 Å². The van der Waals surface area contributed by atoms with Gasteiger partial charge < -0.3 is 11.1 Å². The number of benzene rings is 1. The molecule has 0 aliphatic heterocycles. The van der Waals surface area contributed by atoms with Crippen LogP contribution in [0.25, 0.3) is 0 Å². The minimum Gasteiger partial charge on any atom is -0.382 e. The van der Waals surface area contributed by atoms with E-state index in [4.69, 9.17) is 17.3 Å². The van der Waals surface area contributed by atoms with E-state index >= 15 is 0 Å². The van der Waals surface area contributed by atoms with Crippen molar-refractivity contribution in [2.75, 3.05) is 11.9 Å². The number of nitrogens with two attached hydrogens (primary N) is 1. The predicted octanol–water partition coefficient (Wildman–Crippen LogP) is 3.58. The van der Waals surface area contributed by atoms with Crippen molar-refractivity contribution in [1.29, 1.82) is 0 Å². The van der Waals surface area contributed by atoms with Crippen LogP contribution in [-0.2, 0) is 0 Å². The summed E-state index contributed by atoms with van der Waals surface area (Å²) in [6.45, 7) is 2.80. The molecule has 2 unspecified atom stereocenters. The number of nitrogens with one attached hydrogen (secondary N) is 1. The van der Waals surface area contributed by atoms with E-state index in [9.17, 15) is 0 Å². The van der Waals surface area contributed by atoms with Gasteiger partial charge in [0.25, 0.3) is 0 Å². The molecule has 0 heterocycles. The fourth-order valence-corrected chi connectivity index (χ4v) is 2.76. The largest absolute Gasteiger partial charge is 0.382 e. The van der Waals surface area contributed by atoms with Crippen LogP contribution in [0.15, 0.2) is 18.2 Å². The van der Waals surface area contributed by atoms with Gasteiger partial charge in [-0.25, -0.2) is 0 Å². The molecule has 2 nitrogen and oxygen atoms in total. The van der Waals surface area contributed by atoms with Crippen molar-refractivity contribution in [2.45, 2.75) is 38.6 Å². The normalized spacial score (nSPS) is 24.6. The summed E-state index contributed by atoms with van der Waals surface area (Å²) in [7, 11) is 0. The van der Waals surface area contributed by atoms with Gasteiger partial charge >= 0.3 is 0 Å². The molecule has 0 bridgehead atoms. The highest BCUT2D eigenvalue weighted by Gasteiger charge is 2.23. The van der Waals surface area contributed by atoms with E-state index < -0.39 is 0 Å². The molecular formula is C14H21ClN2. The van der Waals surface area contributed by atoms with Gasteiger partial charge in [-0.2, -0.15) is 0 Å². The maximum absolute atomic E-state index is 6.14. The van der Waals surface area contributed by atoms with E-state index in [-0.39, 0.29) is 0 Å². The van der Waals surface area contributed by atoms with Gasteiger partial charge in [0.1, 0.15) is 0 Å². The van der Waals surface area contributed by atoms with E-state index in [0.29, 0.717) is 12.0 Å². The summed E-state index contributed by atoms with van der Waals surface area (Å²) in [5, 5.41) is 4.41. The average Bonchev–Trinajstić information content (AvgIpc) is 2.34. The summed E-state index contributed by atoms with van der Waals surface area (Å²) < 4.78 is 0. The summed E-state index contributed by atoms with van der Waals surface area (Å²) in [5.41, 5.74) is 8.07. The Balaban J connectivity index is 2.05. The molecule has 1 saturated carbocycles. The first-order valence-electron chi connectivity index (χ1n) is 6.43. The second-order valence-electron chi connectivity index (χ2n) is 5.00. The average molecular weight is 253 g/mol. The first kappa shape index (κ1) is 12.7. The standard InChI is InChI=1S/C14H21ClN2/c1-10-6-7-12(8-13(10)15)17-14-5-3-2-4-11(14)9-16/h6-8,11,14,17H,2-5,9,16H2,1H3. The zero-order valence-corrected chi connectivity index (χ0v) is 11.1. The smallest absolute Gasteiger partial charge is 0.0455 e. The minimum atomic E-state index is 0.507. The van der Waals surface area contributed by atoms with E-state index in [0.717, 1.165) is 22.8 Å². The summed E-state index contributed by atoms with van der Waals surface area (Å²) >= 11 is 6.14. The number of rotatable bonds is 3. The molecule has 3 N–H and O–H groups in total. The molecule has 1 fully saturated rings. The van der Waals surface area contributed by atoms with Gasteiger partial charge in [-0.1, -0.05) is 30.5 Å². The Morgan fingerprint density at radius 3 is 2.82 bits per heavy atom. The molecule has 1 aliphatic rings. The van der Waals surface area contributed by atoms with Crippen molar-refractivity contribution in [2.24, 2.45) is 11.7 Å². The lowest BCUT2D eigenvalue weighted by molar-refractivity contribution is 0.332. The third-order valence-electron chi connectivity index (χ3n) is 3.74. The number of hydrogen-bond donors (Lipinski definition) is 2. The monoisotopic (exact) mass is 252 g/mol. The van der Waals surface area contributed by atoms with E-state index in [2.05, 4.69) is 17.4 Å². The maximum Gasteiger partial charge on any atom is 0.0455 e. The Labute approximate surface area is 109 Å². The Bertz CT molecular complexity index is 378. The van der Waals surface area contributed by atoms with Gasteiger partial charge in [-0.15, -0.1) is 0 Å². The molecule has 1 aromatic carbocycles. The zero-order chi connectivity index (χ0) is 12.3. The lowest BCUT2D eigenvalue weighted by Gasteiger charge is -2.32. The highest BCUT2D eigenvalue weighted by molar-refractivity contribution is 6.31. The van der Waals surface area contributed by atoms with E-state index in [1.54, 1.807) is 0 Å². The van der Waals surface area contributed by atoms with Crippen LogP contribution in [0.4, 0.5) is 5.69 Å². The molecule has 0 aromatic heterocycles. The predicted molar refractivity (Wildman–Crippen MR) is 74.6 cm³/mol. The molecule has 1 aromatic rings. The van der Waals surface area contributed by atoms with Gasteiger partial charge in [-0.3, -0.25) is 0 Å². The van der Waals surface area contributed by atoms with Crippen LogP contribution in [0.3, 0.4) is 0 Å². The lowest BCUT2D eigenvalue weighted by Crippen LogP contribution is -2.36. The number of aryl methyl sites for hydroxylation is 1. The topological polar surface area (TPSA) is 38.0 Å². The SMILES string of the molecule is Cc1ccc(NC2CCCCC2CN)cc1Cl. The van der Waals surface area contributed by atoms with Gasteiger partial charge in [-0.05, 0) is 49.9 Å². The van der Waals surface area contributed by atoms with Crippen LogP contribution in [0.1, 0.15) is 31.2 Å². The second-order valence-corrected chi connectivity index (χ2v) is 5.40. The summed E-state index contributed by atoms with van der Waals surface area (Å²) in [6.07, 6.45) is 5.07. The third-order valence-corrected chi connectivity index (χ3v) is 4.14. The number of hydrogen-bond acceptors (Lipinski definition) is 2. The quantitative estimate of drug-likeness (QED) is 0.863. The molecule has 17 heavy (non-hydrogen) atoms. The van der Waals surface area contributed by atoms with Crippen molar-refractivity contribution in [3.8, 4) is 0 Å². The van der Waals surface area contributed by atoms with Crippen molar-refractivity contribution in [3.63, 3.8) is 0 Å². The van der Waals surface area contributed by atoms with E-state index in [1.165, 1.54) is 25.7 Å². The fraction of sp³-hybridized carbons (Fsp3) is 0.571. The van der Waals surface area contributed by atoms with Gasteiger partial charge in [0.2, 0.25) is 0 Å². The first-order chi connectivity index (χ1) is 8.20.